The van der Waals surface area contributed by atoms with Crippen LogP contribution >= 0.6 is 23.8 Å². The van der Waals surface area contributed by atoms with Crippen molar-refractivity contribution in [2.24, 2.45) is 0 Å². The van der Waals surface area contributed by atoms with Crippen LogP contribution in [0.15, 0.2) is 42.5 Å². The number of para-hydroxylation sites is 1. The second-order valence-electron chi connectivity index (χ2n) is 4.10. The molecule has 96 valence electrons. The minimum Gasteiger partial charge on any atom is -0.497 e. The molecular formula is C14H11ClN2OS. The van der Waals surface area contributed by atoms with Gasteiger partial charge in [0.1, 0.15) is 5.75 Å². The van der Waals surface area contributed by atoms with Gasteiger partial charge < -0.3 is 9.72 Å². The number of rotatable bonds is 2. The zero-order valence-electron chi connectivity index (χ0n) is 10.2. The number of ether oxygens (including phenoxy) is 1. The highest BCUT2D eigenvalue weighted by Gasteiger charge is 2.09. The number of hydrogen-bond acceptors (Lipinski definition) is 2. The molecule has 19 heavy (non-hydrogen) atoms. The van der Waals surface area contributed by atoms with Gasteiger partial charge >= 0.3 is 0 Å². The van der Waals surface area contributed by atoms with Gasteiger partial charge in [0, 0.05) is 5.69 Å². The summed E-state index contributed by atoms with van der Waals surface area (Å²) in [7, 11) is 1.64. The number of halogens is 1. The minimum absolute atomic E-state index is 0.619. The Morgan fingerprint density at radius 2 is 1.89 bits per heavy atom. The number of benzene rings is 2. The number of nitrogens with zero attached hydrogens (tertiary/aromatic N) is 1. The lowest BCUT2D eigenvalue weighted by atomic mass is 10.2. The highest BCUT2D eigenvalue weighted by atomic mass is 35.5. The van der Waals surface area contributed by atoms with E-state index in [0.717, 1.165) is 22.5 Å². The van der Waals surface area contributed by atoms with E-state index in [4.69, 9.17) is 28.6 Å². The molecule has 0 unspecified atom stereocenters. The van der Waals surface area contributed by atoms with Gasteiger partial charge in [-0.2, -0.15) is 0 Å². The van der Waals surface area contributed by atoms with E-state index >= 15 is 0 Å². The van der Waals surface area contributed by atoms with E-state index in [1.54, 1.807) is 7.11 Å². The summed E-state index contributed by atoms with van der Waals surface area (Å²) in [6, 6.07) is 13.4. The summed E-state index contributed by atoms with van der Waals surface area (Å²) in [4.78, 5) is 3.16. The molecule has 1 N–H and O–H groups in total. The van der Waals surface area contributed by atoms with Gasteiger partial charge in [0.05, 0.1) is 23.2 Å². The maximum absolute atomic E-state index is 6.27. The van der Waals surface area contributed by atoms with Crippen LogP contribution in [0.25, 0.3) is 16.7 Å². The molecule has 3 rings (SSSR count). The van der Waals surface area contributed by atoms with Crippen molar-refractivity contribution in [1.29, 1.82) is 0 Å². The summed E-state index contributed by atoms with van der Waals surface area (Å²) in [6.07, 6.45) is 0. The normalized spacial score (nSPS) is 10.8. The molecule has 0 bridgehead atoms. The van der Waals surface area contributed by atoms with Crippen LogP contribution in [0, 0.1) is 4.77 Å². The fourth-order valence-electron chi connectivity index (χ4n) is 2.09. The van der Waals surface area contributed by atoms with Crippen molar-refractivity contribution in [2.45, 2.75) is 0 Å². The maximum atomic E-state index is 6.27. The van der Waals surface area contributed by atoms with Crippen molar-refractivity contribution >= 4 is 34.9 Å². The molecule has 0 aliphatic rings. The Bertz CT molecular complexity index is 789. The average molecular weight is 291 g/mol. The molecule has 0 spiro atoms. The summed E-state index contributed by atoms with van der Waals surface area (Å²) in [5.41, 5.74) is 2.76. The fraction of sp³-hybridized carbons (Fsp3) is 0.0714. The number of aromatic nitrogens is 2. The van der Waals surface area contributed by atoms with Gasteiger partial charge in [-0.1, -0.05) is 17.7 Å². The fourth-order valence-corrected chi connectivity index (χ4v) is 2.66. The van der Waals surface area contributed by atoms with Crippen molar-refractivity contribution in [3.8, 4) is 11.4 Å². The summed E-state index contributed by atoms with van der Waals surface area (Å²) in [5, 5.41) is 0.667. The second-order valence-corrected chi connectivity index (χ2v) is 4.89. The van der Waals surface area contributed by atoms with Gasteiger partial charge in [0.15, 0.2) is 4.77 Å². The molecule has 0 aliphatic carbocycles. The average Bonchev–Trinajstić information content (AvgIpc) is 2.76. The van der Waals surface area contributed by atoms with E-state index in [-0.39, 0.29) is 0 Å². The molecular weight excluding hydrogens is 280 g/mol. The number of hydrogen-bond donors (Lipinski definition) is 1. The molecule has 0 radical (unpaired) electrons. The van der Waals surface area contributed by atoms with Crippen molar-refractivity contribution in [1.82, 2.24) is 9.55 Å². The Labute approximate surface area is 120 Å². The van der Waals surface area contributed by atoms with Crippen LogP contribution in [0.2, 0.25) is 5.02 Å². The van der Waals surface area contributed by atoms with E-state index in [2.05, 4.69) is 4.98 Å². The maximum Gasteiger partial charge on any atom is 0.182 e. The number of aromatic amines is 1. The SMILES string of the molecule is COc1ccc(-n2c(=S)[nH]c3cccc(Cl)c32)cc1. The summed E-state index contributed by atoms with van der Waals surface area (Å²) >= 11 is 11.6. The van der Waals surface area contributed by atoms with Crippen LogP contribution in [0.3, 0.4) is 0 Å². The van der Waals surface area contributed by atoms with Gasteiger partial charge in [-0.3, -0.25) is 4.57 Å². The lowest BCUT2D eigenvalue weighted by Crippen LogP contribution is -1.94. The van der Waals surface area contributed by atoms with Gasteiger partial charge in [-0.15, -0.1) is 0 Å². The molecule has 0 aliphatic heterocycles. The van der Waals surface area contributed by atoms with Gasteiger partial charge in [0.25, 0.3) is 0 Å². The van der Waals surface area contributed by atoms with E-state index in [0.29, 0.717) is 9.79 Å². The molecule has 5 heteroatoms. The highest BCUT2D eigenvalue weighted by Crippen LogP contribution is 2.27. The molecule has 0 atom stereocenters. The van der Waals surface area contributed by atoms with E-state index < -0.39 is 0 Å². The van der Waals surface area contributed by atoms with E-state index in [9.17, 15) is 0 Å². The topological polar surface area (TPSA) is 29.9 Å². The summed E-state index contributed by atoms with van der Waals surface area (Å²) < 4.78 is 7.70. The third-order valence-corrected chi connectivity index (χ3v) is 3.58. The van der Waals surface area contributed by atoms with Gasteiger partial charge in [0.2, 0.25) is 0 Å². The Morgan fingerprint density at radius 1 is 1.16 bits per heavy atom. The molecule has 0 amide bonds. The van der Waals surface area contributed by atoms with Crippen LogP contribution in [0.1, 0.15) is 0 Å². The zero-order chi connectivity index (χ0) is 13.4. The first-order valence-electron chi connectivity index (χ1n) is 5.74. The predicted molar refractivity (Wildman–Crippen MR) is 80.0 cm³/mol. The summed E-state index contributed by atoms with van der Waals surface area (Å²) in [5.74, 6) is 0.807. The zero-order valence-corrected chi connectivity index (χ0v) is 11.8. The first-order valence-corrected chi connectivity index (χ1v) is 6.53. The van der Waals surface area contributed by atoms with Crippen LogP contribution in [0.5, 0.6) is 5.75 Å². The largest absolute Gasteiger partial charge is 0.497 e. The van der Waals surface area contributed by atoms with Crippen LogP contribution in [-0.2, 0) is 0 Å². The molecule has 0 saturated heterocycles. The minimum atomic E-state index is 0.619. The van der Waals surface area contributed by atoms with Crippen LogP contribution < -0.4 is 4.74 Å². The number of H-pyrrole nitrogens is 1. The molecule has 0 fully saturated rings. The Kier molecular flexibility index (Phi) is 3.05. The van der Waals surface area contributed by atoms with Crippen molar-refractivity contribution < 1.29 is 4.74 Å². The summed E-state index contributed by atoms with van der Waals surface area (Å²) in [6.45, 7) is 0. The van der Waals surface area contributed by atoms with E-state index in [1.807, 2.05) is 47.0 Å². The molecule has 2 aromatic carbocycles. The monoisotopic (exact) mass is 290 g/mol. The third-order valence-electron chi connectivity index (χ3n) is 2.99. The quantitative estimate of drug-likeness (QED) is 0.711. The van der Waals surface area contributed by atoms with Gasteiger partial charge in [-0.05, 0) is 48.6 Å². The standard InChI is InChI=1S/C14H11ClN2OS/c1-18-10-7-5-9(6-8-10)17-13-11(15)3-2-4-12(13)16-14(17)19/h2-8H,1H3,(H,16,19). The third kappa shape index (κ3) is 2.03. The molecule has 0 saturated carbocycles. The Balaban J connectivity index is 2.29. The lowest BCUT2D eigenvalue weighted by Gasteiger charge is -2.06. The van der Waals surface area contributed by atoms with Crippen molar-refractivity contribution in [3.05, 3.63) is 52.3 Å². The van der Waals surface area contributed by atoms with Gasteiger partial charge in [-0.25, -0.2) is 0 Å². The molecule has 1 heterocycles. The second kappa shape index (κ2) is 4.72. The van der Waals surface area contributed by atoms with Crippen LogP contribution in [-0.4, -0.2) is 16.7 Å². The van der Waals surface area contributed by atoms with Crippen molar-refractivity contribution in [3.63, 3.8) is 0 Å². The lowest BCUT2D eigenvalue weighted by molar-refractivity contribution is 0.415. The van der Waals surface area contributed by atoms with E-state index in [1.165, 1.54) is 0 Å². The first kappa shape index (κ1) is 12.3. The first-order chi connectivity index (χ1) is 9.20. The Morgan fingerprint density at radius 3 is 2.58 bits per heavy atom. The number of methoxy groups -OCH3 is 1. The van der Waals surface area contributed by atoms with Crippen LogP contribution in [0.4, 0.5) is 0 Å². The number of imidazole rings is 1. The smallest absolute Gasteiger partial charge is 0.182 e. The number of nitrogens with one attached hydrogen (secondary N) is 1. The predicted octanol–water partition coefficient (Wildman–Crippen LogP) is 4.35. The molecule has 1 aromatic heterocycles. The number of fused-ring (bicyclic) bond motifs is 1. The molecule has 3 nitrogen and oxygen atoms in total. The molecule has 3 aromatic rings. The Hall–Kier alpha value is -1.78. The van der Waals surface area contributed by atoms with Crippen molar-refractivity contribution in [2.75, 3.05) is 7.11 Å². The highest BCUT2D eigenvalue weighted by molar-refractivity contribution is 7.71.